The maximum atomic E-state index is 11.3. The van der Waals surface area contributed by atoms with Gasteiger partial charge in [-0.2, -0.15) is 0 Å². The van der Waals surface area contributed by atoms with Crippen LogP contribution in [0.15, 0.2) is 0 Å². The monoisotopic (exact) mass is 204 g/mol. The van der Waals surface area contributed by atoms with Crippen LogP contribution in [0.3, 0.4) is 0 Å². The molecule has 0 saturated carbocycles. The van der Waals surface area contributed by atoms with Crippen LogP contribution in [0.25, 0.3) is 0 Å². The third-order valence-corrected chi connectivity index (χ3v) is 2.54. The Labute approximate surface area is 80.5 Å². The number of carbonyl (C=O) groups excluding carboxylic acids is 2. The van der Waals surface area contributed by atoms with Gasteiger partial charge in [0.2, 0.25) is 5.91 Å². The van der Waals surface area contributed by atoms with Gasteiger partial charge in [-0.05, 0) is 0 Å². The molecule has 0 atom stereocenters. The van der Waals surface area contributed by atoms with E-state index in [1.807, 2.05) is 0 Å². The van der Waals surface area contributed by atoms with Crippen LogP contribution >= 0.6 is 11.8 Å². The highest BCUT2D eigenvalue weighted by atomic mass is 32.2. The Bertz CT molecular complexity index is 210. The number of carbonyl (C=O) groups is 2. The normalized spacial score (nSPS) is 16.1. The molecule has 0 aromatic heterocycles. The summed E-state index contributed by atoms with van der Waals surface area (Å²) in [6.45, 7) is 1.05. The van der Waals surface area contributed by atoms with Gasteiger partial charge >= 0.3 is 6.03 Å². The fourth-order valence-corrected chi connectivity index (χ4v) is 1.62. The SMILES string of the molecule is O=C(CSCCO)N1CCNC1=O. The predicted molar refractivity (Wildman–Crippen MR) is 49.5 cm³/mol. The van der Waals surface area contributed by atoms with Crippen LogP contribution in [0, 0.1) is 0 Å². The topological polar surface area (TPSA) is 69.6 Å². The summed E-state index contributed by atoms with van der Waals surface area (Å²) in [6.07, 6.45) is 0. The van der Waals surface area contributed by atoms with Crippen molar-refractivity contribution < 1.29 is 14.7 Å². The zero-order valence-corrected chi connectivity index (χ0v) is 7.97. The molecule has 2 N–H and O–H groups in total. The van der Waals surface area contributed by atoms with Gasteiger partial charge in [-0.15, -0.1) is 11.8 Å². The number of urea groups is 1. The molecule has 1 saturated heterocycles. The smallest absolute Gasteiger partial charge is 0.324 e. The molecule has 1 aliphatic heterocycles. The van der Waals surface area contributed by atoms with Crippen molar-refractivity contribution in [3.8, 4) is 0 Å². The number of imide groups is 1. The van der Waals surface area contributed by atoms with Gasteiger partial charge in [0.05, 0.1) is 12.4 Å². The van der Waals surface area contributed by atoms with Crippen molar-refractivity contribution in [2.75, 3.05) is 31.2 Å². The molecule has 0 bridgehead atoms. The first-order valence-electron chi connectivity index (χ1n) is 4.02. The molecule has 0 radical (unpaired) electrons. The Morgan fingerprint density at radius 2 is 2.46 bits per heavy atom. The molecular weight excluding hydrogens is 192 g/mol. The van der Waals surface area contributed by atoms with Crippen molar-refractivity contribution in [3.63, 3.8) is 0 Å². The van der Waals surface area contributed by atoms with Gasteiger partial charge in [0.15, 0.2) is 0 Å². The zero-order chi connectivity index (χ0) is 9.68. The van der Waals surface area contributed by atoms with Crippen molar-refractivity contribution in [2.24, 2.45) is 0 Å². The van der Waals surface area contributed by atoms with Crippen molar-refractivity contribution in [3.05, 3.63) is 0 Å². The number of thioether (sulfide) groups is 1. The number of nitrogens with one attached hydrogen (secondary N) is 1. The van der Waals surface area contributed by atoms with E-state index >= 15 is 0 Å². The third-order valence-electron chi connectivity index (χ3n) is 1.62. The highest BCUT2D eigenvalue weighted by Crippen LogP contribution is 2.04. The van der Waals surface area contributed by atoms with Gasteiger partial charge in [0, 0.05) is 18.8 Å². The Hall–Kier alpha value is -0.750. The van der Waals surface area contributed by atoms with Gasteiger partial charge in [-0.25, -0.2) is 4.79 Å². The van der Waals surface area contributed by atoms with Gasteiger partial charge in [0.1, 0.15) is 0 Å². The summed E-state index contributed by atoms with van der Waals surface area (Å²) in [5, 5.41) is 11.0. The average Bonchev–Trinajstić information content (AvgIpc) is 2.52. The molecule has 0 aliphatic carbocycles. The second-order valence-electron chi connectivity index (χ2n) is 2.55. The summed E-state index contributed by atoms with van der Waals surface area (Å²) >= 11 is 1.33. The Morgan fingerprint density at radius 1 is 1.69 bits per heavy atom. The number of aliphatic hydroxyl groups is 1. The molecule has 1 aliphatic rings. The van der Waals surface area contributed by atoms with Crippen LogP contribution in [0.4, 0.5) is 4.79 Å². The van der Waals surface area contributed by atoms with Gasteiger partial charge in [0.25, 0.3) is 0 Å². The largest absolute Gasteiger partial charge is 0.396 e. The number of nitrogens with zero attached hydrogens (tertiary/aromatic N) is 1. The Kier molecular flexibility index (Phi) is 4.04. The minimum atomic E-state index is -0.311. The van der Waals surface area contributed by atoms with E-state index in [1.54, 1.807) is 0 Å². The molecule has 6 heteroatoms. The molecule has 13 heavy (non-hydrogen) atoms. The summed E-state index contributed by atoms with van der Waals surface area (Å²) in [5.74, 6) is 0.600. The molecule has 0 aromatic rings. The molecule has 74 valence electrons. The lowest BCUT2D eigenvalue weighted by Crippen LogP contribution is -2.35. The molecule has 5 nitrogen and oxygen atoms in total. The van der Waals surface area contributed by atoms with E-state index < -0.39 is 0 Å². The van der Waals surface area contributed by atoms with Crippen molar-refractivity contribution in [1.82, 2.24) is 10.2 Å². The summed E-state index contributed by atoms with van der Waals surface area (Å²) in [4.78, 5) is 23.5. The number of aliphatic hydroxyl groups excluding tert-OH is 1. The van der Waals surface area contributed by atoms with Crippen molar-refractivity contribution >= 4 is 23.7 Å². The molecule has 0 spiro atoms. The molecule has 3 amide bonds. The first-order valence-corrected chi connectivity index (χ1v) is 5.18. The van der Waals surface area contributed by atoms with E-state index in [0.29, 0.717) is 18.8 Å². The Balaban J connectivity index is 2.26. The zero-order valence-electron chi connectivity index (χ0n) is 7.15. The lowest BCUT2D eigenvalue weighted by Gasteiger charge is -2.10. The molecular formula is C7H12N2O3S. The second-order valence-corrected chi connectivity index (χ2v) is 3.66. The minimum Gasteiger partial charge on any atom is -0.396 e. The van der Waals surface area contributed by atoms with Crippen LogP contribution < -0.4 is 5.32 Å². The van der Waals surface area contributed by atoms with E-state index in [4.69, 9.17) is 5.11 Å². The van der Waals surface area contributed by atoms with Crippen LogP contribution in [-0.4, -0.2) is 53.1 Å². The van der Waals surface area contributed by atoms with Crippen molar-refractivity contribution in [2.45, 2.75) is 0 Å². The number of rotatable bonds is 4. The number of amides is 3. The van der Waals surface area contributed by atoms with Crippen LogP contribution in [0.2, 0.25) is 0 Å². The maximum absolute atomic E-state index is 11.3. The van der Waals surface area contributed by atoms with E-state index in [9.17, 15) is 9.59 Å². The summed E-state index contributed by atoms with van der Waals surface area (Å²) in [6, 6.07) is -0.311. The molecule has 0 unspecified atom stereocenters. The van der Waals surface area contributed by atoms with Crippen LogP contribution in [0.5, 0.6) is 0 Å². The molecule has 0 aromatic carbocycles. The first-order chi connectivity index (χ1) is 6.25. The highest BCUT2D eigenvalue weighted by molar-refractivity contribution is 7.99. The fraction of sp³-hybridized carbons (Fsp3) is 0.714. The van der Waals surface area contributed by atoms with E-state index in [0.717, 1.165) is 0 Å². The quantitative estimate of drug-likeness (QED) is 0.592. The van der Waals surface area contributed by atoms with Crippen LogP contribution in [0.1, 0.15) is 0 Å². The lowest BCUT2D eigenvalue weighted by atomic mass is 10.5. The molecule has 1 rings (SSSR count). The number of hydrogen-bond donors (Lipinski definition) is 2. The van der Waals surface area contributed by atoms with E-state index in [-0.39, 0.29) is 24.3 Å². The average molecular weight is 204 g/mol. The predicted octanol–water partition coefficient (Wildman–Crippen LogP) is -0.736. The van der Waals surface area contributed by atoms with Gasteiger partial charge in [-0.3, -0.25) is 9.69 Å². The summed E-state index contributed by atoms with van der Waals surface area (Å²) < 4.78 is 0. The van der Waals surface area contributed by atoms with Gasteiger partial charge < -0.3 is 10.4 Å². The summed E-state index contributed by atoms with van der Waals surface area (Å²) in [7, 11) is 0. The minimum absolute atomic E-state index is 0.0597. The van der Waals surface area contributed by atoms with E-state index in [1.165, 1.54) is 16.7 Å². The van der Waals surface area contributed by atoms with Crippen LogP contribution in [-0.2, 0) is 4.79 Å². The van der Waals surface area contributed by atoms with Crippen molar-refractivity contribution in [1.29, 1.82) is 0 Å². The second kappa shape index (κ2) is 5.08. The fourth-order valence-electron chi connectivity index (χ4n) is 1.01. The first kappa shape index (κ1) is 10.3. The number of hydrogen-bond acceptors (Lipinski definition) is 4. The highest BCUT2D eigenvalue weighted by Gasteiger charge is 2.25. The Morgan fingerprint density at radius 3 is 3.00 bits per heavy atom. The van der Waals surface area contributed by atoms with Gasteiger partial charge in [-0.1, -0.05) is 0 Å². The molecule has 1 fully saturated rings. The summed E-state index contributed by atoms with van der Waals surface area (Å²) in [5.41, 5.74) is 0. The maximum Gasteiger partial charge on any atom is 0.324 e. The third kappa shape index (κ3) is 2.89. The standard InChI is InChI=1S/C7H12N2O3S/c10-3-4-13-5-6(11)9-2-1-8-7(9)12/h10H,1-5H2,(H,8,12). The molecule has 1 heterocycles. The van der Waals surface area contributed by atoms with E-state index in [2.05, 4.69) is 5.32 Å². The lowest BCUT2D eigenvalue weighted by molar-refractivity contribution is -0.124.